The first kappa shape index (κ1) is 25.2. The molecule has 6 aromatic rings. The maximum absolute atomic E-state index is 2.85. The topological polar surface area (TPSA) is 3.24 Å². The molecule has 0 unspecified atom stereocenters. The summed E-state index contributed by atoms with van der Waals surface area (Å²) in [6.45, 7) is 4.81. The van der Waals surface area contributed by atoms with E-state index in [1.807, 2.05) is 0 Å². The van der Waals surface area contributed by atoms with Gasteiger partial charge in [0.05, 0.1) is 0 Å². The van der Waals surface area contributed by atoms with Crippen molar-refractivity contribution in [2.24, 2.45) is 0 Å². The molecule has 6 aromatic carbocycles. The summed E-state index contributed by atoms with van der Waals surface area (Å²) in [6.07, 6.45) is 2.15. The fourth-order valence-corrected chi connectivity index (χ4v) is 9.69. The first-order valence-corrected chi connectivity index (χ1v) is 16.0. The maximum atomic E-state index is 2.85. The summed E-state index contributed by atoms with van der Waals surface area (Å²) >= 11 is 0. The van der Waals surface area contributed by atoms with Crippen molar-refractivity contribution in [2.75, 3.05) is 0 Å². The third-order valence-corrected chi connectivity index (χ3v) is 11.4. The molecule has 7 rings (SSSR count). The van der Waals surface area contributed by atoms with Crippen molar-refractivity contribution in [3.63, 3.8) is 0 Å². The second-order valence-electron chi connectivity index (χ2n) is 11.0. The van der Waals surface area contributed by atoms with Crippen LogP contribution in [0.2, 0.25) is 0 Å². The van der Waals surface area contributed by atoms with Gasteiger partial charge < -0.3 is 0 Å². The number of hydrogen-bond acceptors (Lipinski definition) is 1. The zero-order valence-electron chi connectivity index (χ0n) is 23.2. The monoisotopic (exact) mass is 535 g/mol. The van der Waals surface area contributed by atoms with E-state index in [-0.39, 0.29) is 0 Å². The highest BCUT2D eigenvalue weighted by atomic mass is 31.1. The van der Waals surface area contributed by atoms with E-state index in [1.165, 1.54) is 54.9 Å². The predicted molar refractivity (Wildman–Crippen MR) is 173 cm³/mol. The van der Waals surface area contributed by atoms with Gasteiger partial charge in [-0.05, 0) is 76.8 Å². The molecule has 0 aliphatic carbocycles. The van der Waals surface area contributed by atoms with Crippen LogP contribution in [-0.4, -0.2) is 4.67 Å². The maximum Gasteiger partial charge on any atom is 0.0363 e. The molecule has 0 spiro atoms. The van der Waals surface area contributed by atoms with Gasteiger partial charge in [0, 0.05) is 24.4 Å². The van der Waals surface area contributed by atoms with Gasteiger partial charge in [-0.15, -0.1) is 0 Å². The third kappa shape index (κ3) is 4.44. The average Bonchev–Trinajstić information content (AvgIpc) is 3.19. The zero-order chi connectivity index (χ0) is 27.1. The normalized spacial score (nSPS) is 15.0. The molecule has 40 heavy (non-hydrogen) atoms. The summed E-state index contributed by atoms with van der Waals surface area (Å²) in [5.41, 5.74) is 8.60. The van der Waals surface area contributed by atoms with Gasteiger partial charge in [0.2, 0.25) is 0 Å². The van der Waals surface area contributed by atoms with Crippen LogP contribution >= 0.6 is 8.07 Å². The Morgan fingerprint density at radius 1 is 0.475 bits per heavy atom. The minimum absolute atomic E-state index is 0.299. The van der Waals surface area contributed by atoms with Gasteiger partial charge in [0.15, 0.2) is 0 Å². The zero-order valence-corrected chi connectivity index (χ0v) is 24.1. The molecule has 0 amide bonds. The van der Waals surface area contributed by atoms with Crippen LogP contribution in [0, 0.1) is 0 Å². The number of rotatable bonds is 5. The molecule has 0 bridgehead atoms. The molecule has 0 saturated heterocycles. The molecule has 0 fully saturated rings. The quantitative estimate of drug-likeness (QED) is 0.198. The molecular formula is C38H34NP. The van der Waals surface area contributed by atoms with E-state index in [0.29, 0.717) is 12.1 Å². The van der Waals surface area contributed by atoms with Crippen molar-refractivity contribution in [1.82, 2.24) is 4.67 Å². The van der Waals surface area contributed by atoms with E-state index < -0.39 is 8.07 Å². The lowest BCUT2D eigenvalue weighted by Crippen LogP contribution is -2.26. The lowest BCUT2D eigenvalue weighted by molar-refractivity contribution is 0.297. The fraction of sp³-hybridized carbons (Fsp3) is 0.158. The predicted octanol–water partition coefficient (Wildman–Crippen LogP) is 10.9. The van der Waals surface area contributed by atoms with Crippen molar-refractivity contribution < 1.29 is 0 Å². The molecule has 196 valence electrons. The molecule has 1 aliphatic heterocycles. The van der Waals surface area contributed by atoms with Crippen LogP contribution in [0.25, 0.3) is 32.7 Å². The lowest BCUT2D eigenvalue weighted by atomic mass is 9.88. The first-order chi connectivity index (χ1) is 19.7. The SMILES string of the molecule is C[C@H](c1ccccc1)N([C@@H](C)c1ccccc1)P1Cc2ccc3ccccc3c2-c2c(ccc3ccccc23)C1. The highest BCUT2D eigenvalue weighted by molar-refractivity contribution is 7.53. The summed E-state index contributed by atoms with van der Waals surface area (Å²) in [6, 6.07) is 50.2. The Hall–Kier alpha value is -3.77. The van der Waals surface area contributed by atoms with Gasteiger partial charge in [-0.3, -0.25) is 4.67 Å². The summed E-state index contributed by atoms with van der Waals surface area (Å²) < 4.78 is 2.85. The van der Waals surface area contributed by atoms with Crippen LogP contribution in [0.3, 0.4) is 0 Å². The molecule has 0 N–H and O–H groups in total. The van der Waals surface area contributed by atoms with E-state index in [1.54, 1.807) is 0 Å². The van der Waals surface area contributed by atoms with Crippen LogP contribution < -0.4 is 0 Å². The molecule has 0 saturated carbocycles. The second-order valence-corrected chi connectivity index (χ2v) is 13.1. The van der Waals surface area contributed by atoms with E-state index in [0.717, 1.165) is 12.3 Å². The minimum Gasteiger partial charge on any atom is -0.267 e. The van der Waals surface area contributed by atoms with Gasteiger partial charge in [-0.1, -0.05) is 133 Å². The number of benzene rings is 6. The van der Waals surface area contributed by atoms with Gasteiger partial charge in [0.25, 0.3) is 0 Å². The van der Waals surface area contributed by atoms with Crippen molar-refractivity contribution in [1.29, 1.82) is 0 Å². The fourth-order valence-electron chi connectivity index (χ4n) is 6.69. The summed E-state index contributed by atoms with van der Waals surface area (Å²) in [7, 11) is -0.538. The summed E-state index contributed by atoms with van der Waals surface area (Å²) in [4.78, 5) is 0. The second kappa shape index (κ2) is 10.7. The highest BCUT2D eigenvalue weighted by Gasteiger charge is 2.33. The standard InChI is InChI=1S/C38H34NP/c1-27(29-13-5-3-6-14-29)39(28(2)30-15-7-4-8-16-30)40-25-33-23-21-31-17-9-11-19-35(31)37(33)38-34(26-40)24-22-32-18-10-12-20-36(32)38/h3-24,27-28H,25-26H2,1-2H3/t27-,28+. The first-order valence-electron chi connectivity index (χ1n) is 14.3. The van der Waals surface area contributed by atoms with Crippen LogP contribution in [0.4, 0.5) is 0 Å². The summed E-state index contributed by atoms with van der Waals surface area (Å²) in [5.74, 6) is 0. The van der Waals surface area contributed by atoms with Crippen molar-refractivity contribution in [2.45, 2.75) is 38.3 Å². The molecule has 1 aliphatic rings. The van der Waals surface area contributed by atoms with E-state index in [2.05, 4.69) is 152 Å². The Labute approximate surface area is 238 Å². The third-order valence-electron chi connectivity index (χ3n) is 8.67. The number of hydrogen-bond donors (Lipinski definition) is 0. The van der Waals surface area contributed by atoms with Gasteiger partial charge in [-0.2, -0.15) is 0 Å². The molecular weight excluding hydrogens is 501 g/mol. The number of fused-ring (bicyclic) bond motifs is 7. The van der Waals surface area contributed by atoms with E-state index in [4.69, 9.17) is 0 Å². The summed E-state index contributed by atoms with van der Waals surface area (Å²) in [5, 5.41) is 5.37. The van der Waals surface area contributed by atoms with Crippen LogP contribution in [0.5, 0.6) is 0 Å². The van der Waals surface area contributed by atoms with E-state index >= 15 is 0 Å². The molecule has 0 aromatic heterocycles. The molecule has 1 nitrogen and oxygen atoms in total. The molecule has 1 heterocycles. The van der Waals surface area contributed by atoms with Gasteiger partial charge in [-0.25, -0.2) is 0 Å². The molecule has 0 radical (unpaired) electrons. The van der Waals surface area contributed by atoms with Crippen molar-refractivity contribution in [3.05, 3.63) is 156 Å². The molecule has 2 atom stereocenters. The van der Waals surface area contributed by atoms with Crippen LogP contribution in [-0.2, 0) is 12.3 Å². The Kier molecular flexibility index (Phi) is 6.72. The highest BCUT2D eigenvalue weighted by Crippen LogP contribution is 2.59. The Morgan fingerprint density at radius 2 is 0.875 bits per heavy atom. The van der Waals surface area contributed by atoms with Crippen LogP contribution in [0.15, 0.2) is 133 Å². The smallest absolute Gasteiger partial charge is 0.0363 e. The Morgan fingerprint density at radius 3 is 1.32 bits per heavy atom. The number of nitrogens with zero attached hydrogens (tertiary/aromatic N) is 1. The Bertz CT molecular complexity index is 1660. The molecule has 2 heteroatoms. The van der Waals surface area contributed by atoms with Crippen molar-refractivity contribution in [3.8, 4) is 11.1 Å². The Balaban J connectivity index is 1.45. The van der Waals surface area contributed by atoms with Gasteiger partial charge in [0.1, 0.15) is 0 Å². The lowest BCUT2D eigenvalue weighted by Gasteiger charge is -2.41. The van der Waals surface area contributed by atoms with Crippen LogP contribution in [0.1, 0.15) is 48.2 Å². The largest absolute Gasteiger partial charge is 0.267 e. The van der Waals surface area contributed by atoms with Gasteiger partial charge >= 0.3 is 0 Å². The van der Waals surface area contributed by atoms with Crippen molar-refractivity contribution >= 4 is 29.6 Å². The minimum atomic E-state index is -0.538. The van der Waals surface area contributed by atoms with E-state index in [9.17, 15) is 0 Å². The average molecular weight is 536 g/mol.